The van der Waals surface area contributed by atoms with Crippen molar-refractivity contribution >= 4 is 27.8 Å². The lowest BCUT2D eigenvalue weighted by molar-refractivity contribution is -0.132. The van der Waals surface area contributed by atoms with Gasteiger partial charge >= 0.3 is 5.97 Å². The van der Waals surface area contributed by atoms with Crippen LogP contribution in [0.5, 0.6) is 0 Å². The highest BCUT2D eigenvalue weighted by Gasteiger charge is 2.03. The van der Waals surface area contributed by atoms with Gasteiger partial charge in [0.1, 0.15) is 11.1 Å². The van der Waals surface area contributed by atoms with E-state index in [1.807, 2.05) is 36.6 Å². The monoisotopic (exact) mass is 214 g/mol. The van der Waals surface area contributed by atoms with E-state index in [0.29, 0.717) is 6.42 Å². The summed E-state index contributed by atoms with van der Waals surface area (Å²) in [6.45, 7) is 0. The summed E-state index contributed by atoms with van der Waals surface area (Å²) in [5, 5.41) is 0. The third-order valence-electron chi connectivity index (χ3n) is 1.39. The zero-order valence-corrected chi connectivity index (χ0v) is 8.86. The summed E-state index contributed by atoms with van der Waals surface area (Å²) in [5.74, 6) is -0.203. The topological polar surface area (TPSA) is 26.3 Å². The van der Waals surface area contributed by atoms with Gasteiger partial charge in [-0.2, -0.15) is 0 Å². The van der Waals surface area contributed by atoms with Crippen LogP contribution >= 0.6 is 21.9 Å². The van der Waals surface area contributed by atoms with E-state index < -0.39 is 0 Å². The number of carbonyl (C=O) groups is 1. The highest BCUT2D eigenvalue weighted by atomic mass is 33.1. The largest absolute Gasteiger partial charge is 0.379 e. The van der Waals surface area contributed by atoms with Gasteiger partial charge in [-0.1, -0.05) is 41.1 Å². The van der Waals surface area contributed by atoms with Gasteiger partial charge in [-0.25, -0.2) is 0 Å². The fraction of sp³-hybridized carbons (Fsp3) is 0.222. The molecule has 4 heteroatoms. The molecule has 1 aromatic carbocycles. The average Bonchev–Trinajstić information content (AvgIpc) is 2.16. The van der Waals surface area contributed by atoms with Gasteiger partial charge in [-0.05, 0) is 11.8 Å². The molecule has 0 saturated carbocycles. The SMILES string of the molecule is CSSOC(=O)Cc1ccccc1. The lowest BCUT2D eigenvalue weighted by atomic mass is 10.2. The molecule has 0 heterocycles. The van der Waals surface area contributed by atoms with Crippen LogP contribution in [0.2, 0.25) is 0 Å². The van der Waals surface area contributed by atoms with Crippen LogP contribution in [-0.4, -0.2) is 12.2 Å². The molecule has 1 aromatic rings. The zero-order valence-electron chi connectivity index (χ0n) is 7.23. The zero-order chi connectivity index (χ0) is 9.52. The van der Waals surface area contributed by atoms with E-state index >= 15 is 0 Å². The van der Waals surface area contributed by atoms with E-state index in [-0.39, 0.29) is 5.97 Å². The predicted octanol–water partition coefficient (Wildman–Crippen LogP) is 2.70. The van der Waals surface area contributed by atoms with Crippen molar-refractivity contribution in [1.82, 2.24) is 0 Å². The van der Waals surface area contributed by atoms with E-state index in [0.717, 1.165) is 16.6 Å². The summed E-state index contributed by atoms with van der Waals surface area (Å²) in [7, 11) is 1.41. The molecule has 0 atom stereocenters. The van der Waals surface area contributed by atoms with Crippen molar-refractivity contribution in [2.75, 3.05) is 6.26 Å². The molecule has 0 spiro atoms. The fourth-order valence-electron chi connectivity index (χ4n) is 0.864. The molecule has 0 aromatic heterocycles. The molecule has 0 N–H and O–H groups in total. The summed E-state index contributed by atoms with van der Waals surface area (Å²) < 4.78 is 4.84. The van der Waals surface area contributed by atoms with Crippen LogP contribution in [0.4, 0.5) is 0 Å². The smallest absolute Gasteiger partial charge is 0.323 e. The maximum Gasteiger partial charge on any atom is 0.323 e. The Morgan fingerprint density at radius 3 is 2.69 bits per heavy atom. The Morgan fingerprint density at radius 2 is 2.08 bits per heavy atom. The number of rotatable bonds is 4. The normalized spacial score (nSPS) is 9.62. The second-order valence-corrected chi connectivity index (χ2v) is 4.40. The molecule has 0 radical (unpaired) electrons. The van der Waals surface area contributed by atoms with Crippen molar-refractivity contribution in [3.8, 4) is 0 Å². The van der Waals surface area contributed by atoms with Crippen molar-refractivity contribution < 1.29 is 8.98 Å². The Morgan fingerprint density at radius 1 is 1.38 bits per heavy atom. The van der Waals surface area contributed by atoms with Gasteiger partial charge in [0.15, 0.2) is 0 Å². The van der Waals surface area contributed by atoms with Crippen LogP contribution in [0.25, 0.3) is 0 Å². The number of hydrogen-bond donors (Lipinski definition) is 0. The lowest BCUT2D eigenvalue weighted by Crippen LogP contribution is -2.02. The highest BCUT2D eigenvalue weighted by molar-refractivity contribution is 8.74. The summed E-state index contributed by atoms with van der Waals surface area (Å²) in [4.78, 5) is 11.1. The second kappa shape index (κ2) is 5.94. The summed E-state index contributed by atoms with van der Waals surface area (Å²) in [5.41, 5.74) is 0.981. The van der Waals surface area contributed by atoms with Crippen molar-refractivity contribution in [2.45, 2.75) is 6.42 Å². The number of hydrogen-bond acceptors (Lipinski definition) is 4. The van der Waals surface area contributed by atoms with Gasteiger partial charge in [0.25, 0.3) is 0 Å². The molecule has 2 nitrogen and oxygen atoms in total. The minimum atomic E-state index is -0.203. The molecule has 0 aliphatic rings. The van der Waals surface area contributed by atoms with Crippen LogP contribution in [0, 0.1) is 0 Å². The molecular weight excluding hydrogens is 204 g/mol. The molecule has 13 heavy (non-hydrogen) atoms. The first-order valence-electron chi connectivity index (χ1n) is 3.77. The maximum atomic E-state index is 11.1. The van der Waals surface area contributed by atoms with Crippen molar-refractivity contribution in [1.29, 1.82) is 0 Å². The molecule has 70 valence electrons. The maximum absolute atomic E-state index is 11.1. The Kier molecular flexibility index (Phi) is 4.78. The Hall–Kier alpha value is -0.610. The Balaban J connectivity index is 2.37. The second-order valence-electron chi connectivity index (χ2n) is 2.35. The van der Waals surface area contributed by atoms with Gasteiger partial charge in [0.2, 0.25) is 0 Å². The Bertz CT molecular complexity index is 262. The predicted molar refractivity (Wildman–Crippen MR) is 57.3 cm³/mol. The Labute approximate surface area is 85.7 Å². The van der Waals surface area contributed by atoms with Crippen molar-refractivity contribution in [3.05, 3.63) is 35.9 Å². The molecule has 0 aliphatic carbocycles. The molecule has 1 rings (SSSR count). The third kappa shape index (κ3) is 4.24. The van der Waals surface area contributed by atoms with Crippen LogP contribution < -0.4 is 0 Å². The van der Waals surface area contributed by atoms with Gasteiger partial charge in [0, 0.05) is 0 Å². The van der Waals surface area contributed by atoms with Gasteiger partial charge < -0.3 is 4.18 Å². The lowest BCUT2D eigenvalue weighted by Gasteiger charge is -1.99. The van der Waals surface area contributed by atoms with Crippen LogP contribution in [0.3, 0.4) is 0 Å². The first-order chi connectivity index (χ1) is 6.33. The molecule has 0 fully saturated rings. The standard InChI is InChI=1S/C9H10O2S2/c1-12-13-11-9(10)7-8-5-3-2-4-6-8/h2-6H,7H2,1H3. The summed E-state index contributed by atoms with van der Waals surface area (Å²) >= 11 is 1.10. The van der Waals surface area contributed by atoms with E-state index in [4.69, 9.17) is 4.18 Å². The summed E-state index contributed by atoms with van der Waals surface area (Å²) in [6.07, 6.45) is 2.20. The molecule has 0 aliphatic heterocycles. The average molecular weight is 214 g/mol. The fourth-order valence-corrected chi connectivity index (χ4v) is 1.50. The van der Waals surface area contributed by atoms with E-state index in [1.54, 1.807) is 0 Å². The van der Waals surface area contributed by atoms with Crippen molar-refractivity contribution in [3.63, 3.8) is 0 Å². The van der Waals surface area contributed by atoms with Crippen LogP contribution in [-0.2, 0) is 15.4 Å². The third-order valence-corrected chi connectivity index (χ3v) is 2.39. The quantitative estimate of drug-likeness (QED) is 0.568. The molecule has 0 unspecified atom stereocenters. The molecular formula is C9H10O2S2. The minimum Gasteiger partial charge on any atom is -0.379 e. The first-order valence-corrected chi connectivity index (χ1v) is 6.25. The van der Waals surface area contributed by atoms with Gasteiger partial charge in [-0.15, -0.1) is 0 Å². The molecule has 0 saturated heterocycles. The van der Waals surface area contributed by atoms with Crippen LogP contribution in [0.1, 0.15) is 5.56 Å². The highest BCUT2D eigenvalue weighted by Crippen LogP contribution is 2.18. The minimum absolute atomic E-state index is 0.203. The molecule has 0 amide bonds. The number of benzene rings is 1. The van der Waals surface area contributed by atoms with E-state index in [1.165, 1.54) is 10.8 Å². The van der Waals surface area contributed by atoms with E-state index in [9.17, 15) is 4.79 Å². The van der Waals surface area contributed by atoms with Crippen LogP contribution in [0.15, 0.2) is 30.3 Å². The summed E-state index contributed by atoms with van der Waals surface area (Å²) in [6, 6.07) is 9.55. The molecule has 0 bridgehead atoms. The van der Waals surface area contributed by atoms with Gasteiger partial charge in [-0.3, -0.25) is 4.79 Å². The van der Waals surface area contributed by atoms with Crippen molar-refractivity contribution in [2.24, 2.45) is 0 Å². The van der Waals surface area contributed by atoms with E-state index in [2.05, 4.69) is 0 Å². The number of carbonyl (C=O) groups excluding carboxylic acids is 1. The first kappa shape index (κ1) is 10.5. The van der Waals surface area contributed by atoms with Gasteiger partial charge in [0.05, 0.1) is 6.42 Å².